The number of para-hydroxylation sites is 2. The van der Waals surface area contributed by atoms with Crippen LogP contribution in [0.4, 0.5) is 0 Å². The summed E-state index contributed by atoms with van der Waals surface area (Å²) in [5.41, 5.74) is 1.07. The van der Waals surface area contributed by atoms with Crippen LogP contribution in [0.2, 0.25) is 0 Å². The Morgan fingerprint density at radius 2 is 1.94 bits per heavy atom. The summed E-state index contributed by atoms with van der Waals surface area (Å²) in [5.74, 6) is 2.09. The molecule has 0 aliphatic heterocycles. The monoisotopic (exact) mass is 244 g/mol. The molecule has 0 saturated heterocycles. The zero-order valence-corrected chi connectivity index (χ0v) is 10.5. The van der Waals surface area contributed by atoms with Crippen LogP contribution in [0.3, 0.4) is 0 Å². The predicted molar refractivity (Wildman–Crippen MR) is 70.1 cm³/mol. The fraction of sp³-hybridized carbons (Fsp3) is 0.214. The molecule has 94 valence electrons. The first-order valence-corrected chi connectivity index (χ1v) is 5.73. The lowest BCUT2D eigenvalue weighted by atomic mass is 10.2. The zero-order chi connectivity index (χ0) is 12.8. The Hall–Kier alpha value is -2.07. The van der Waals surface area contributed by atoms with Crippen LogP contribution in [0.1, 0.15) is 5.56 Å². The van der Waals surface area contributed by atoms with Gasteiger partial charge in [-0.05, 0) is 30.8 Å². The molecule has 2 aromatic rings. The minimum atomic E-state index is 0.684. The second-order valence-electron chi connectivity index (χ2n) is 3.81. The standard InChI is InChI=1S/C14H16N2O2/c1-15-8-11-7-12(10-16-9-11)18-14-6-4-3-5-13(14)17-2/h3-7,9-10,15H,8H2,1-2H3. The van der Waals surface area contributed by atoms with Crippen molar-refractivity contribution in [3.8, 4) is 17.2 Å². The molecule has 4 nitrogen and oxygen atoms in total. The number of aromatic nitrogens is 1. The van der Waals surface area contributed by atoms with Gasteiger partial charge in [-0.2, -0.15) is 0 Å². The van der Waals surface area contributed by atoms with Gasteiger partial charge in [-0.25, -0.2) is 0 Å². The average molecular weight is 244 g/mol. The average Bonchev–Trinajstić information content (AvgIpc) is 2.40. The largest absolute Gasteiger partial charge is 0.493 e. The van der Waals surface area contributed by atoms with E-state index in [9.17, 15) is 0 Å². The predicted octanol–water partition coefficient (Wildman–Crippen LogP) is 2.60. The highest BCUT2D eigenvalue weighted by Gasteiger charge is 2.05. The van der Waals surface area contributed by atoms with Gasteiger partial charge in [0.2, 0.25) is 0 Å². The van der Waals surface area contributed by atoms with E-state index in [1.807, 2.05) is 43.6 Å². The summed E-state index contributed by atoms with van der Waals surface area (Å²) in [5, 5.41) is 3.08. The number of rotatable bonds is 5. The fourth-order valence-corrected chi connectivity index (χ4v) is 1.65. The van der Waals surface area contributed by atoms with Gasteiger partial charge >= 0.3 is 0 Å². The molecule has 0 aliphatic carbocycles. The molecule has 4 heteroatoms. The van der Waals surface area contributed by atoms with Crippen molar-refractivity contribution < 1.29 is 9.47 Å². The number of hydrogen-bond donors (Lipinski definition) is 1. The number of pyridine rings is 1. The molecule has 0 unspecified atom stereocenters. The van der Waals surface area contributed by atoms with Gasteiger partial charge in [0.1, 0.15) is 5.75 Å². The van der Waals surface area contributed by atoms with Gasteiger partial charge in [-0.3, -0.25) is 4.98 Å². The Labute approximate surface area is 107 Å². The molecule has 2 rings (SSSR count). The molecule has 18 heavy (non-hydrogen) atoms. The molecular weight excluding hydrogens is 228 g/mol. The minimum Gasteiger partial charge on any atom is -0.493 e. The van der Waals surface area contributed by atoms with Crippen LogP contribution in [-0.2, 0) is 6.54 Å². The Bertz CT molecular complexity index is 515. The van der Waals surface area contributed by atoms with Crippen LogP contribution in [0.5, 0.6) is 17.2 Å². The molecule has 0 radical (unpaired) electrons. The topological polar surface area (TPSA) is 43.4 Å². The zero-order valence-electron chi connectivity index (χ0n) is 10.5. The fourth-order valence-electron chi connectivity index (χ4n) is 1.65. The van der Waals surface area contributed by atoms with Gasteiger partial charge in [0, 0.05) is 12.7 Å². The highest BCUT2D eigenvalue weighted by Crippen LogP contribution is 2.30. The van der Waals surface area contributed by atoms with Crippen LogP contribution in [0.15, 0.2) is 42.7 Å². The Morgan fingerprint density at radius 1 is 1.17 bits per heavy atom. The third-order valence-electron chi connectivity index (χ3n) is 2.45. The van der Waals surface area contributed by atoms with E-state index in [0.717, 1.165) is 12.1 Å². The minimum absolute atomic E-state index is 0.684. The van der Waals surface area contributed by atoms with Crippen molar-refractivity contribution in [1.29, 1.82) is 0 Å². The summed E-state index contributed by atoms with van der Waals surface area (Å²) in [6.07, 6.45) is 3.50. The number of methoxy groups -OCH3 is 1. The van der Waals surface area contributed by atoms with E-state index in [2.05, 4.69) is 10.3 Å². The molecule has 0 aliphatic rings. The second-order valence-corrected chi connectivity index (χ2v) is 3.81. The maximum atomic E-state index is 5.77. The molecule has 0 saturated carbocycles. The molecule has 1 N–H and O–H groups in total. The van der Waals surface area contributed by atoms with Gasteiger partial charge in [-0.15, -0.1) is 0 Å². The first-order chi connectivity index (χ1) is 8.83. The van der Waals surface area contributed by atoms with Crippen LogP contribution >= 0.6 is 0 Å². The lowest BCUT2D eigenvalue weighted by Gasteiger charge is -2.10. The summed E-state index contributed by atoms with van der Waals surface area (Å²) in [7, 11) is 3.52. The normalized spacial score (nSPS) is 10.1. The van der Waals surface area contributed by atoms with Crippen LogP contribution < -0.4 is 14.8 Å². The molecule has 0 fully saturated rings. The Balaban J connectivity index is 2.20. The van der Waals surface area contributed by atoms with Crippen molar-refractivity contribution in [2.45, 2.75) is 6.54 Å². The number of nitrogens with one attached hydrogen (secondary N) is 1. The smallest absolute Gasteiger partial charge is 0.169 e. The highest BCUT2D eigenvalue weighted by molar-refractivity contribution is 5.42. The van der Waals surface area contributed by atoms with Crippen LogP contribution in [0, 0.1) is 0 Å². The first-order valence-electron chi connectivity index (χ1n) is 5.73. The first kappa shape index (κ1) is 12.4. The Morgan fingerprint density at radius 3 is 2.67 bits per heavy atom. The Kier molecular flexibility index (Phi) is 4.15. The van der Waals surface area contributed by atoms with Crippen molar-refractivity contribution in [2.75, 3.05) is 14.2 Å². The maximum Gasteiger partial charge on any atom is 0.169 e. The van der Waals surface area contributed by atoms with Crippen molar-refractivity contribution in [1.82, 2.24) is 10.3 Å². The summed E-state index contributed by atoms with van der Waals surface area (Å²) >= 11 is 0. The summed E-state index contributed by atoms with van der Waals surface area (Å²) in [4.78, 5) is 4.15. The van der Waals surface area contributed by atoms with E-state index >= 15 is 0 Å². The molecule has 1 aromatic carbocycles. The molecule has 0 amide bonds. The SMILES string of the molecule is CNCc1cncc(Oc2ccccc2OC)c1. The van der Waals surface area contributed by atoms with Gasteiger partial charge in [0.25, 0.3) is 0 Å². The van der Waals surface area contributed by atoms with Crippen molar-refractivity contribution >= 4 is 0 Å². The van der Waals surface area contributed by atoms with Crippen molar-refractivity contribution in [3.63, 3.8) is 0 Å². The van der Waals surface area contributed by atoms with E-state index in [1.54, 1.807) is 13.3 Å². The number of hydrogen-bond acceptors (Lipinski definition) is 4. The van der Waals surface area contributed by atoms with Gasteiger partial charge in [-0.1, -0.05) is 12.1 Å². The van der Waals surface area contributed by atoms with E-state index in [1.165, 1.54) is 0 Å². The second kappa shape index (κ2) is 6.02. The number of ether oxygens (including phenoxy) is 2. The summed E-state index contributed by atoms with van der Waals surface area (Å²) in [6.45, 7) is 0.760. The van der Waals surface area contributed by atoms with E-state index in [0.29, 0.717) is 17.2 Å². The van der Waals surface area contributed by atoms with Gasteiger partial charge in [0.05, 0.1) is 13.3 Å². The summed E-state index contributed by atoms with van der Waals surface area (Å²) < 4.78 is 11.0. The maximum absolute atomic E-state index is 5.77. The molecule has 0 bridgehead atoms. The highest BCUT2D eigenvalue weighted by atomic mass is 16.5. The third-order valence-corrected chi connectivity index (χ3v) is 2.45. The van der Waals surface area contributed by atoms with E-state index in [-0.39, 0.29) is 0 Å². The molecular formula is C14H16N2O2. The third kappa shape index (κ3) is 2.99. The molecule has 1 heterocycles. The number of benzene rings is 1. The van der Waals surface area contributed by atoms with E-state index < -0.39 is 0 Å². The van der Waals surface area contributed by atoms with Crippen molar-refractivity contribution in [3.05, 3.63) is 48.3 Å². The lowest BCUT2D eigenvalue weighted by molar-refractivity contribution is 0.378. The molecule has 0 atom stereocenters. The van der Waals surface area contributed by atoms with Crippen LogP contribution in [0.25, 0.3) is 0 Å². The van der Waals surface area contributed by atoms with E-state index in [4.69, 9.17) is 9.47 Å². The summed E-state index contributed by atoms with van der Waals surface area (Å²) in [6, 6.07) is 9.49. The quantitative estimate of drug-likeness (QED) is 0.878. The molecule has 1 aromatic heterocycles. The van der Waals surface area contributed by atoms with Gasteiger partial charge < -0.3 is 14.8 Å². The molecule has 0 spiro atoms. The lowest BCUT2D eigenvalue weighted by Crippen LogP contribution is -2.05. The van der Waals surface area contributed by atoms with Gasteiger partial charge in [0.15, 0.2) is 11.5 Å². The van der Waals surface area contributed by atoms with Crippen molar-refractivity contribution in [2.24, 2.45) is 0 Å². The van der Waals surface area contributed by atoms with Crippen LogP contribution in [-0.4, -0.2) is 19.1 Å². The number of nitrogens with zero attached hydrogens (tertiary/aromatic N) is 1.